The molecule has 8 heteroatoms. The molecular weight excluding hydrogens is 406 g/mol. The van der Waals surface area contributed by atoms with Gasteiger partial charge in [0.05, 0.1) is 7.11 Å². The molecule has 0 fully saturated rings. The number of nitrogens with one attached hydrogen (secondary N) is 1. The second-order valence-corrected chi connectivity index (χ2v) is 6.90. The molecule has 0 atom stereocenters. The van der Waals surface area contributed by atoms with Gasteiger partial charge in [-0.3, -0.25) is 10.1 Å². The monoisotopic (exact) mass is 419 g/mol. The molecule has 0 radical (unpaired) electrons. The van der Waals surface area contributed by atoms with Gasteiger partial charge < -0.3 is 9.47 Å². The average molecular weight is 420 g/mol. The number of aromatic nitrogens is 2. The molecule has 0 unspecified atom stereocenters. The number of hydrogen-bond donors (Lipinski definition) is 1. The van der Waals surface area contributed by atoms with Gasteiger partial charge in [0.15, 0.2) is 5.01 Å². The van der Waals surface area contributed by atoms with Gasteiger partial charge >= 0.3 is 0 Å². The Kier molecular flexibility index (Phi) is 5.62. The Bertz CT molecular complexity index is 850. The molecule has 0 saturated heterocycles. The summed E-state index contributed by atoms with van der Waals surface area (Å²) in [6.45, 7) is 0.276. The smallest absolute Gasteiger partial charge is 0.257 e. The van der Waals surface area contributed by atoms with Gasteiger partial charge in [0.2, 0.25) is 5.13 Å². The van der Waals surface area contributed by atoms with Crippen LogP contribution in [0.3, 0.4) is 0 Å². The van der Waals surface area contributed by atoms with E-state index in [1.807, 2.05) is 36.4 Å². The Morgan fingerprint density at radius 1 is 1.08 bits per heavy atom. The molecule has 3 aromatic rings. The van der Waals surface area contributed by atoms with Crippen molar-refractivity contribution in [3.8, 4) is 11.5 Å². The zero-order valence-electron chi connectivity index (χ0n) is 13.2. The predicted molar refractivity (Wildman–Crippen MR) is 99.3 cm³/mol. The molecule has 2 aromatic carbocycles. The zero-order valence-corrected chi connectivity index (χ0v) is 15.6. The van der Waals surface area contributed by atoms with Crippen LogP contribution in [0.4, 0.5) is 5.13 Å². The summed E-state index contributed by atoms with van der Waals surface area (Å²) in [6.07, 6.45) is 0. The molecule has 0 bridgehead atoms. The van der Waals surface area contributed by atoms with Crippen molar-refractivity contribution in [2.45, 2.75) is 6.61 Å². The maximum atomic E-state index is 12.1. The molecule has 0 saturated carbocycles. The van der Waals surface area contributed by atoms with Gasteiger partial charge in [0.1, 0.15) is 18.1 Å². The van der Waals surface area contributed by atoms with Crippen LogP contribution in [0.15, 0.2) is 53.0 Å². The van der Waals surface area contributed by atoms with Crippen LogP contribution in [0.2, 0.25) is 0 Å². The Balaban J connectivity index is 1.56. The summed E-state index contributed by atoms with van der Waals surface area (Å²) in [5, 5.41) is 11.8. The Labute approximate surface area is 156 Å². The van der Waals surface area contributed by atoms with Crippen LogP contribution >= 0.6 is 27.3 Å². The van der Waals surface area contributed by atoms with E-state index in [2.05, 4.69) is 31.4 Å². The molecule has 3 rings (SSSR count). The van der Waals surface area contributed by atoms with Gasteiger partial charge in [-0.25, -0.2) is 0 Å². The van der Waals surface area contributed by atoms with Gasteiger partial charge in [-0.05, 0) is 48.5 Å². The van der Waals surface area contributed by atoms with E-state index in [9.17, 15) is 4.79 Å². The minimum absolute atomic E-state index is 0.230. The first-order valence-corrected chi connectivity index (χ1v) is 8.91. The third-order valence-corrected chi connectivity index (χ3v) is 4.56. The molecule has 25 heavy (non-hydrogen) atoms. The lowest BCUT2D eigenvalue weighted by atomic mass is 10.2. The fourth-order valence-corrected chi connectivity index (χ4v) is 2.86. The van der Waals surface area contributed by atoms with Crippen LogP contribution in [0.1, 0.15) is 15.4 Å². The van der Waals surface area contributed by atoms with Crippen molar-refractivity contribution in [1.29, 1.82) is 0 Å². The van der Waals surface area contributed by atoms with Crippen LogP contribution in [-0.4, -0.2) is 23.2 Å². The van der Waals surface area contributed by atoms with E-state index < -0.39 is 0 Å². The number of amides is 1. The number of benzene rings is 2. The zero-order chi connectivity index (χ0) is 17.6. The SMILES string of the molecule is COc1ccc(OCc2nnc(NC(=O)c3ccc(Br)cc3)s2)cc1. The van der Waals surface area contributed by atoms with Crippen LogP contribution in [-0.2, 0) is 6.61 Å². The van der Waals surface area contributed by atoms with Gasteiger partial charge in [0.25, 0.3) is 5.91 Å². The maximum absolute atomic E-state index is 12.1. The number of halogens is 1. The molecule has 0 spiro atoms. The van der Waals surface area contributed by atoms with Crippen molar-refractivity contribution < 1.29 is 14.3 Å². The molecule has 1 heterocycles. The highest BCUT2D eigenvalue weighted by Gasteiger charge is 2.10. The third kappa shape index (κ3) is 4.77. The van der Waals surface area contributed by atoms with E-state index in [-0.39, 0.29) is 12.5 Å². The molecule has 0 aliphatic rings. The maximum Gasteiger partial charge on any atom is 0.257 e. The average Bonchev–Trinajstić information content (AvgIpc) is 3.08. The molecule has 128 valence electrons. The van der Waals surface area contributed by atoms with Gasteiger partial charge in [-0.1, -0.05) is 27.3 Å². The van der Waals surface area contributed by atoms with E-state index in [4.69, 9.17) is 9.47 Å². The first-order chi connectivity index (χ1) is 12.1. The highest BCUT2D eigenvalue weighted by atomic mass is 79.9. The van der Waals surface area contributed by atoms with Crippen molar-refractivity contribution in [1.82, 2.24) is 10.2 Å². The number of hydrogen-bond acceptors (Lipinski definition) is 6. The summed E-state index contributed by atoms with van der Waals surface area (Å²) in [4.78, 5) is 12.1. The van der Waals surface area contributed by atoms with Crippen LogP contribution in [0.25, 0.3) is 0 Å². The minimum Gasteiger partial charge on any atom is -0.497 e. The van der Waals surface area contributed by atoms with Crippen molar-refractivity contribution in [3.05, 3.63) is 63.6 Å². The molecule has 1 N–H and O–H groups in total. The molecule has 1 amide bonds. The number of methoxy groups -OCH3 is 1. The van der Waals surface area contributed by atoms with Crippen molar-refractivity contribution in [2.24, 2.45) is 0 Å². The first kappa shape index (κ1) is 17.4. The first-order valence-electron chi connectivity index (χ1n) is 7.30. The van der Waals surface area contributed by atoms with E-state index in [0.29, 0.717) is 21.5 Å². The fourth-order valence-electron chi connectivity index (χ4n) is 1.95. The number of carbonyl (C=O) groups is 1. The highest BCUT2D eigenvalue weighted by Crippen LogP contribution is 2.21. The molecule has 6 nitrogen and oxygen atoms in total. The lowest BCUT2D eigenvalue weighted by Crippen LogP contribution is -2.11. The van der Waals surface area contributed by atoms with Crippen LogP contribution < -0.4 is 14.8 Å². The Morgan fingerprint density at radius 3 is 2.44 bits per heavy atom. The van der Waals surface area contributed by atoms with E-state index in [0.717, 1.165) is 10.2 Å². The number of rotatable bonds is 6. The standard InChI is InChI=1S/C17H14BrN3O3S/c1-23-13-6-8-14(9-7-13)24-10-15-20-21-17(25-15)19-16(22)11-2-4-12(18)5-3-11/h2-9H,10H2,1H3,(H,19,21,22). The number of nitrogens with zero attached hydrogens (tertiary/aromatic N) is 2. The third-order valence-electron chi connectivity index (χ3n) is 3.22. The summed E-state index contributed by atoms with van der Waals surface area (Å²) in [7, 11) is 1.61. The molecule has 0 aliphatic heterocycles. The van der Waals surface area contributed by atoms with Crippen molar-refractivity contribution in [3.63, 3.8) is 0 Å². The Hall–Kier alpha value is -2.45. The summed E-state index contributed by atoms with van der Waals surface area (Å²) in [6, 6.07) is 14.3. The van der Waals surface area contributed by atoms with E-state index in [1.54, 1.807) is 19.2 Å². The number of anilines is 1. The van der Waals surface area contributed by atoms with E-state index >= 15 is 0 Å². The van der Waals surface area contributed by atoms with E-state index in [1.165, 1.54) is 11.3 Å². The topological polar surface area (TPSA) is 73.3 Å². The summed E-state index contributed by atoms with van der Waals surface area (Å²) >= 11 is 4.61. The second-order valence-electron chi connectivity index (χ2n) is 4.93. The largest absolute Gasteiger partial charge is 0.497 e. The highest BCUT2D eigenvalue weighted by molar-refractivity contribution is 9.10. The molecular formula is C17H14BrN3O3S. The summed E-state index contributed by atoms with van der Waals surface area (Å²) < 4.78 is 11.7. The fraction of sp³-hybridized carbons (Fsp3) is 0.118. The Morgan fingerprint density at radius 2 is 1.76 bits per heavy atom. The molecule has 0 aliphatic carbocycles. The minimum atomic E-state index is -0.230. The second kappa shape index (κ2) is 8.09. The number of ether oxygens (including phenoxy) is 2. The van der Waals surface area contributed by atoms with Crippen LogP contribution in [0, 0.1) is 0 Å². The molecule has 1 aromatic heterocycles. The van der Waals surface area contributed by atoms with Crippen molar-refractivity contribution in [2.75, 3.05) is 12.4 Å². The summed E-state index contributed by atoms with van der Waals surface area (Å²) in [5.74, 6) is 1.24. The lowest BCUT2D eigenvalue weighted by molar-refractivity contribution is 0.102. The van der Waals surface area contributed by atoms with Crippen molar-refractivity contribution >= 4 is 38.3 Å². The quantitative estimate of drug-likeness (QED) is 0.649. The number of carbonyl (C=O) groups excluding carboxylic acids is 1. The normalized spacial score (nSPS) is 10.3. The predicted octanol–water partition coefficient (Wildman–Crippen LogP) is 4.14. The van der Waals surface area contributed by atoms with Gasteiger partial charge in [-0.2, -0.15) is 0 Å². The van der Waals surface area contributed by atoms with Crippen LogP contribution in [0.5, 0.6) is 11.5 Å². The summed E-state index contributed by atoms with van der Waals surface area (Å²) in [5.41, 5.74) is 0.550. The van der Waals surface area contributed by atoms with Gasteiger partial charge in [0, 0.05) is 10.0 Å². The lowest BCUT2D eigenvalue weighted by Gasteiger charge is -2.04. The van der Waals surface area contributed by atoms with Gasteiger partial charge in [-0.15, -0.1) is 10.2 Å².